The van der Waals surface area contributed by atoms with Crippen LogP contribution in [0.15, 0.2) is 83.8 Å². The van der Waals surface area contributed by atoms with Gasteiger partial charge in [-0.3, -0.25) is 9.10 Å². The largest absolute Gasteiger partial charge is 0.497 e. The van der Waals surface area contributed by atoms with E-state index in [0.29, 0.717) is 17.4 Å². The van der Waals surface area contributed by atoms with Gasteiger partial charge in [0.2, 0.25) is 5.91 Å². The van der Waals surface area contributed by atoms with Crippen molar-refractivity contribution in [2.24, 2.45) is 5.92 Å². The molecule has 3 aromatic carbocycles. The van der Waals surface area contributed by atoms with Crippen LogP contribution in [0, 0.1) is 12.8 Å². The van der Waals surface area contributed by atoms with Crippen molar-refractivity contribution < 1.29 is 17.9 Å². The van der Waals surface area contributed by atoms with E-state index < -0.39 is 10.0 Å². The molecule has 3 aromatic rings. The van der Waals surface area contributed by atoms with E-state index in [9.17, 15) is 13.2 Å². The molecule has 7 heteroatoms. The zero-order valence-electron chi connectivity index (χ0n) is 20.1. The molecule has 0 radical (unpaired) electrons. The van der Waals surface area contributed by atoms with Crippen LogP contribution in [-0.4, -0.2) is 28.0 Å². The van der Waals surface area contributed by atoms with E-state index in [1.54, 1.807) is 48.5 Å². The third-order valence-corrected chi connectivity index (χ3v) is 7.27. The van der Waals surface area contributed by atoms with E-state index in [2.05, 4.69) is 19.2 Å². The van der Waals surface area contributed by atoms with Gasteiger partial charge in [0.25, 0.3) is 10.0 Å². The summed E-state index contributed by atoms with van der Waals surface area (Å²) in [6, 6.07) is 22.8. The molecule has 1 atom stereocenters. The third-order valence-electron chi connectivity index (χ3n) is 5.48. The molecule has 3 rings (SSSR count). The number of sulfonamides is 1. The van der Waals surface area contributed by atoms with Gasteiger partial charge in [0.1, 0.15) is 12.3 Å². The molecule has 0 bridgehead atoms. The summed E-state index contributed by atoms with van der Waals surface area (Å²) in [5.41, 5.74) is 2.29. The molecule has 0 fully saturated rings. The van der Waals surface area contributed by atoms with Gasteiger partial charge in [-0.2, -0.15) is 0 Å². The molecule has 1 N–H and O–H groups in total. The molecule has 0 saturated heterocycles. The summed E-state index contributed by atoms with van der Waals surface area (Å²) < 4.78 is 33.7. The second-order valence-corrected chi connectivity index (χ2v) is 10.5. The third kappa shape index (κ3) is 6.38. The summed E-state index contributed by atoms with van der Waals surface area (Å²) in [5.74, 6) is 0.466. The Bertz CT molecular complexity index is 1190. The Morgan fingerprint density at radius 3 is 2.26 bits per heavy atom. The Morgan fingerprint density at radius 1 is 0.971 bits per heavy atom. The average Bonchev–Trinajstić information content (AvgIpc) is 2.82. The predicted molar refractivity (Wildman–Crippen MR) is 135 cm³/mol. The fourth-order valence-electron chi connectivity index (χ4n) is 3.72. The van der Waals surface area contributed by atoms with E-state index in [1.807, 2.05) is 37.3 Å². The zero-order chi connectivity index (χ0) is 24.7. The number of carbonyl (C=O) groups excluding carboxylic acids is 1. The standard InChI is InChI=1S/C27H32N2O4S/c1-20(2)17-26(22-9-6-5-7-10-22)28-27(30)19-29(23-11-8-12-24(18-23)33-4)34(31,32)25-15-13-21(3)14-16-25/h5-16,18,20,26H,17,19H2,1-4H3,(H,28,30)/t26-/m0/s1. The molecule has 0 heterocycles. The molecule has 0 spiro atoms. The monoisotopic (exact) mass is 480 g/mol. The van der Waals surface area contributed by atoms with Crippen LogP contribution in [-0.2, 0) is 14.8 Å². The number of methoxy groups -OCH3 is 1. The number of aryl methyl sites for hydroxylation is 1. The Morgan fingerprint density at radius 2 is 1.65 bits per heavy atom. The minimum Gasteiger partial charge on any atom is -0.497 e. The maximum absolute atomic E-state index is 13.6. The highest BCUT2D eigenvalue weighted by molar-refractivity contribution is 7.92. The van der Waals surface area contributed by atoms with E-state index >= 15 is 0 Å². The molecule has 180 valence electrons. The lowest BCUT2D eigenvalue weighted by atomic mass is 9.97. The number of hydrogen-bond donors (Lipinski definition) is 1. The maximum atomic E-state index is 13.6. The minimum atomic E-state index is -4.00. The number of anilines is 1. The van der Waals surface area contributed by atoms with Gasteiger partial charge in [0.15, 0.2) is 0 Å². The van der Waals surface area contributed by atoms with Crippen LogP contribution in [0.25, 0.3) is 0 Å². The van der Waals surface area contributed by atoms with Crippen LogP contribution in [0.3, 0.4) is 0 Å². The van der Waals surface area contributed by atoms with Gasteiger partial charge in [-0.05, 0) is 49.1 Å². The Balaban J connectivity index is 1.94. The highest BCUT2D eigenvalue weighted by atomic mass is 32.2. The molecule has 6 nitrogen and oxygen atoms in total. The maximum Gasteiger partial charge on any atom is 0.264 e. The summed E-state index contributed by atoms with van der Waals surface area (Å²) in [7, 11) is -2.48. The van der Waals surface area contributed by atoms with E-state index in [4.69, 9.17) is 4.74 Å². The fourth-order valence-corrected chi connectivity index (χ4v) is 5.14. The SMILES string of the molecule is COc1cccc(N(CC(=O)N[C@@H](CC(C)C)c2ccccc2)S(=O)(=O)c2ccc(C)cc2)c1. The van der Waals surface area contributed by atoms with Crippen LogP contribution in [0.4, 0.5) is 5.69 Å². The first-order valence-electron chi connectivity index (χ1n) is 11.3. The number of amides is 1. The van der Waals surface area contributed by atoms with Gasteiger partial charge in [-0.25, -0.2) is 8.42 Å². The van der Waals surface area contributed by atoms with Crippen LogP contribution >= 0.6 is 0 Å². The van der Waals surface area contributed by atoms with Crippen molar-refractivity contribution >= 4 is 21.6 Å². The molecular weight excluding hydrogens is 448 g/mol. The normalized spacial score (nSPS) is 12.3. The van der Waals surface area contributed by atoms with Gasteiger partial charge in [0, 0.05) is 6.07 Å². The lowest BCUT2D eigenvalue weighted by molar-refractivity contribution is -0.120. The molecule has 0 unspecified atom stereocenters. The van der Waals surface area contributed by atoms with E-state index in [1.165, 1.54) is 7.11 Å². The number of hydrogen-bond acceptors (Lipinski definition) is 4. The minimum absolute atomic E-state index is 0.121. The van der Waals surface area contributed by atoms with Gasteiger partial charge in [0.05, 0.1) is 23.7 Å². The summed E-state index contributed by atoms with van der Waals surface area (Å²) in [6.45, 7) is 5.71. The van der Waals surface area contributed by atoms with Gasteiger partial charge < -0.3 is 10.1 Å². The van der Waals surface area contributed by atoms with Crippen LogP contribution in [0.2, 0.25) is 0 Å². The molecular formula is C27H32N2O4S. The first-order chi connectivity index (χ1) is 16.2. The second-order valence-electron chi connectivity index (χ2n) is 8.69. The number of carbonyl (C=O) groups is 1. The van der Waals surface area contributed by atoms with Crippen molar-refractivity contribution in [1.82, 2.24) is 5.32 Å². The Labute approximate surface area is 202 Å². The lowest BCUT2D eigenvalue weighted by Crippen LogP contribution is -2.42. The van der Waals surface area contributed by atoms with Gasteiger partial charge >= 0.3 is 0 Å². The van der Waals surface area contributed by atoms with E-state index in [-0.39, 0.29) is 23.4 Å². The van der Waals surface area contributed by atoms with Crippen LogP contribution < -0.4 is 14.4 Å². The number of nitrogens with zero attached hydrogens (tertiary/aromatic N) is 1. The second kappa shape index (κ2) is 11.2. The molecule has 0 aliphatic rings. The quantitative estimate of drug-likeness (QED) is 0.438. The van der Waals surface area contributed by atoms with Crippen LogP contribution in [0.1, 0.15) is 37.4 Å². The molecule has 0 saturated carbocycles. The zero-order valence-corrected chi connectivity index (χ0v) is 20.9. The predicted octanol–water partition coefficient (Wildman–Crippen LogP) is 5.10. The lowest BCUT2D eigenvalue weighted by Gasteiger charge is -2.27. The number of ether oxygens (including phenoxy) is 1. The van der Waals surface area contributed by atoms with E-state index in [0.717, 1.165) is 21.9 Å². The van der Waals surface area contributed by atoms with Gasteiger partial charge in [-0.1, -0.05) is 67.9 Å². The van der Waals surface area contributed by atoms with Crippen molar-refractivity contribution in [3.8, 4) is 5.75 Å². The first-order valence-corrected chi connectivity index (χ1v) is 12.7. The molecule has 34 heavy (non-hydrogen) atoms. The van der Waals surface area contributed by atoms with Crippen molar-refractivity contribution in [2.75, 3.05) is 18.0 Å². The Hall–Kier alpha value is -3.32. The number of nitrogens with one attached hydrogen (secondary N) is 1. The molecule has 0 aliphatic carbocycles. The smallest absolute Gasteiger partial charge is 0.264 e. The summed E-state index contributed by atoms with van der Waals surface area (Å²) >= 11 is 0. The first kappa shape index (κ1) is 25.3. The Kier molecular flexibility index (Phi) is 8.34. The van der Waals surface area contributed by atoms with Gasteiger partial charge in [-0.15, -0.1) is 0 Å². The molecule has 0 aliphatic heterocycles. The average molecular weight is 481 g/mol. The van der Waals surface area contributed by atoms with Crippen molar-refractivity contribution in [3.05, 3.63) is 90.0 Å². The van der Waals surface area contributed by atoms with Crippen LogP contribution in [0.5, 0.6) is 5.75 Å². The summed E-state index contributed by atoms with van der Waals surface area (Å²) in [6.07, 6.45) is 0.736. The topological polar surface area (TPSA) is 75.7 Å². The van der Waals surface area contributed by atoms with Crippen molar-refractivity contribution in [3.63, 3.8) is 0 Å². The molecule has 1 amide bonds. The van der Waals surface area contributed by atoms with Crippen molar-refractivity contribution in [2.45, 2.75) is 38.1 Å². The highest BCUT2D eigenvalue weighted by Crippen LogP contribution is 2.28. The fraction of sp³-hybridized carbons (Fsp3) is 0.296. The van der Waals surface area contributed by atoms with Crippen molar-refractivity contribution in [1.29, 1.82) is 0 Å². The number of benzene rings is 3. The summed E-state index contributed by atoms with van der Waals surface area (Å²) in [4.78, 5) is 13.4. The number of rotatable bonds is 10. The highest BCUT2D eigenvalue weighted by Gasteiger charge is 2.28. The summed E-state index contributed by atoms with van der Waals surface area (Å²) in [5, 5.41) is 3.05. The molecule has 0 aromatic heterocycles.